The van der Waals surface area contributed by atoms with Gasteiger partial charge in [-0.15, -0.1) is 0 Å². The van der Waals surface area contributed by atoms with Crippen molar-refractivity contribution in [2.24, 2.45) is 0 Å². The van der Waals surface area contributed by atoms with Crippen LogP contribution in [0.2, 0.25) is 0 Å². The van der Waals surface area contributed by atoms with Gasteiger partial charge in [-0.3, -0.25) is 0 Å². The molecule has 0 unspecified atom stereocenters. The molecule has 0 aromatic heterocycles. The summed E-state index contributed by atoms with van der Waals surface area (Å²) >= 11 is 0. The number of hydrogen-bond donors (Lipinski definition) is 0. The van der Waals surface area contributed by atoms with E-state index in [-0.39, 0.29) is 5.82 Å². The van der Waals surface area contributed by atoms with Gasteiger partial charge in [-0.1, -0.05) is 18.2 Å². The summed E-state index contributed by atoms with van der Waals surface area (Å²) in [4.78, 5) is 2.07. The van der Waals surface area contributed by atoms with E-state index in [9.17, 15) is 4.39 Å². The number of anilines is 3. The van der Waals surface area contributed by atoms with E-state index in [1.165, 1.54) is 12.1 Å². The van der Waals surface area contributed by atoms with Gasteiger partial charge in [-0.25, -0.2) is 4.39 Å². The fourth-order valence-electron chi connectivity index (χ4n) is 2.35. The topological polar surface area (TPSA) is 12.5 Å². The molecule has 0 fully saturated rings. The highest BCUT2D eigenvalue weighted by molar-refractivity contribution is 5.76. The Morgan fingerprint density at radius 1 is 0.682 bits per heavy atom. The Hall–Kier alpha value is -2.81. The molecular formula is C19H16FNO. The summed E-state index contributed by atoms with van der Waals surface area (Å²) < 4.78 is 18.4. The zero-order valence-corrected chi connectivity index (χ0v) is 12.2. The molecular weight excluding hydrogens is 277 g/mol. The Morgan fingerprint density at radius 3 is 1.73 bits per heavy atom. The smallest absolute Gasteiger partial charge is 0.123 e. The van der Waals surface area contributed by atoms with Gasteiger partial charge in [-0.05, 0) is 60.7 Å². The summed E-state index contributed by atoms with van der Waals surface area (Å²) in [5, 5.41) is 0. The molecule has 3 aromatic carbocycles. The van der Waals surface area contributed by atoms with Crippen LogP contribution in [0.15, 0.2) is 78.9 Å². The van der Waals surface area contributed by atoms with Crippen LogP contribution in [0.5, 0.6) is 5.75 Å². The second kappa shape index (κ2) is 6.31. The first-order valence-corrected chi connectivity index (χ1v) is 7.03. The number of halogens is 1. The molecule has 0 aliphatic carbocycles. The molecule has 3 heteroatoms. The molecule has 0 aliphatic heterocycles. The molecule has 0 aliphatic rings. The Bertz CT molecular complexity index is 724. The molecule has 0 amide bonds. The van der Waals surface area contributed by atoms with Gasteiger partial charge in [-0.2, -0.15) is 0 Å². The number of methoxy groups -OCH3 is 1. The predicted molar refractivity (Wildman–Crippen MR) is 87.6 cm³/mol. The molecule has 110 valence electrons. The van der Waals surface area contributed by atoms with Crippen LogP contribution in [0.4, 0.5) is 21.5 Å². The molecule has 2 nitrogen and oxygen atoms in total. The first kappa shape index (κ1) is 14.1. The quantitative estimate of drug-likeness (QED) is 0.647. The molecule has 22 heavy (non-hydrogen) atoms. The third-order valence-electron chi connectivity index (χ3n) is 3.43. The minimum absolute atomic E-state index is 0.244. The van der Waals surface area contributed by atoms with Crippen molar-refractivity contribution in [1.29, 1.82) is 0 Å². The van der Waals surface area contributed by atoms with Crippen LogP contribution in [0.1, 0.15) is 0 Å². The number of rotatable bonds is 4. The van der Waals surface area contributed by atoms with E-state index in [1.807, 2.05) is 54.6 Å². The fraction of sp³-hybridized carbons (Fsp3) is 0.0526. The van der Waals surface area contributed by atoms with Crippen molar-refractivity contribution in [3.05, 3.63) is 84.7 Å². The zero-order chi connectivity index (χ0) is 15.4. The van der Waals surface area contributed by atoms with Crippen LogP contribution in [0.3, 0.4) is 0 Å². The summed E-state index contributed by atoms with van der Waals surface area (Å²) in [6.45, 7) is 0. The van der Waals surface area contributed by atoms with Crippen molar-refractivity contribution in [2.75, 3.05) is 12.0 Å². The number of para-hydroxylation sites is 1. The minimum atomic E-state index is -0.244. The Morgan fingerprint density at radius 2 is 1.18 bits per heavy atom. The number of nitrogens with zero attached hydrogens (tertiary/aromatic N) is 1. The molecule has 0 radical (unpaired) electrons. The molecule has 0 saturated carbocycles. The summed E-state index contributed by atoms with van der Waals surface area (Å²) in [6, 6.07) is 24.2. The summed E-state index contributed by atoms with van der Waals surface area (Å²) in [6.07, 6.45) is 0. The molecule has 0 bridgehead atoms. The maximum Gasteiger partial charge on any atom is 0.123 e. The van der Waals surface area contributed by atoms with Gasteiger partial charge in [0.2, 0.25) is 0 Å². The van der Waals surface area contributed by atoms with Gasteiger partial charge >= 0.3 is 0 Å². The van der Waals surface area contributed by atoms with Crippen molar-refractivity contribution in [3.63, 3.8) is 0 Å². The van der Waals surface area contributed by atoms with E-state index in [1.54, 1.807) is 19.2 Å². The molecule has 0 N–H and O–H groups in total. The minimum Gasteiger partial charge on any atom is -0.497 e. The van der Waals surface area contributed by atoms with Crippen LogP contribution in [0.25, 0.3) is 0 Å². The third-order valence-corrected chi connectivity index (χ3v) is 3.43. The fourth-order valence-corrected chi connectivity index (χ4v) is 2.35. The Balaban J connectivity index is 2.07. The van der Waals surface area contributed by atoms with Gasteiger partial charge in [0.05, 0.1) is 7.11 Å². The second-order valence-electron chi connectivity index (χ2n) is 4.85. The summed E-state index contributed by atoms with van der Waals surface area (Å²) in [7, 11) is 1.64. The molecule has 0 saturated heterocycles. The standard InChI is InChI=1S/C19H16FNO/c1-22-19-13-11-18(12-14-19)21(16-5-3-2-4-6-16)17-9-7-15(20)8-10-17/h2-14H,1H3. The van der Waals surface area contributed by atoms with Crippen LogP contribution < -0.4 is 9.64 Å². The maximum atomic E-state index is 13.2. The van der Waals surface area contributed by atoms with Crippen LogP contribution >= 0.6 is 0 Å². The average molecular weight is 293 g/mol. The molecule has 0 spiro atoms. The van der Waals surface area contributed by atoms with Crippen molar-refractivity contribution in [2.45, 2.75) is 0 Å². The lowest BCUT2D eigenvalue weighted by Crippen LogP contribution is -2.09. The molecule has 0 heterocycles. The summed E-state index contributed by atoms with van der Waals surface area (Å²) in [5.74, 6) is 0.558. The van der Waals surface area contributed by atoms with Crippen molar-refractivity contribution in [3.8, 4) is 5.75 Å². The molecule has 3 aromatic rings. The van der Waals surface area contributed by atoms with E-state index in [2.05, 4.69) is 4.90 Å². The van der Waals surface area contributed by atoms with Gasteiger partial charge < -0.3 is 9.64 Å². The van der Waals surface area contributed by atoms with Gasteiger partial charge in [0, 0.05) is 17.1 Å². The third kappa shape index (κ3) is 2.93. The highest BCUT2D eigenvalue weighted by Gasteiger charge is 2.12. The second-order valence-corrected chi connectivity index (χ2v) is 4.85. The first-order valence-electron chi connectivity index (χ1n) is 7.03. The van der Waals surface area contributed by atoms with Gasteiger partial charge in [0.1, 0.15) is 11.6 Å². The summed E-state index contributed by atoms with van der Waals surface area (Å²) in [5.41, 5.74) is 2.90. The van der Waals surface area contributed by atoms with Crippen molar-refractivity contribution < 1.29 is 9.13 Å². The lowest BCUT2D eigenvalue weighted by atomic mass is 10.2. The van der Waals surface area contributed by atoms with E-state index in [4.69, 9.17) is 4.74 Å². The van der Waals surface area contributed by atoms with E-state index >= 15 is 0 Å². The highest BCUT2D eigenvalue weighted by Crippen LogP contribution is 2.34. The van der Waals surface area contributed by atoms with E-state index in [0.717, 1.165) is 22.8 Å². The lowest BCUT2D eigenvalue weighted by Gasteiger charge is -2.25. The lowest BCUT2D eigenvalue weighted by molar-refractivity contribution is 0.415. The van der Waals surface area contributed by atoms with Crippen LogP contribution in [0, 0.1) is 5.82 Å². The number of hydrogen-bond acceptors (Lipinski definition) is 2. The van der Waals surface area contributed by atoms with Crippen LogP contribution in [-0.2, 0) is 0 Å². The first-order chi connectivity index (χ1) is 10.8. The predicted octanol–water partition coefficient (Wildman–Crippen LogP) is 5.30. The van der Waals surface area contributed by atoms with Gasteiger partial charge in [0.25, 0.3) is 0 Å². The number of ether oxygens (including phenoxy) is 1. The normalized spacial score (nSPS) is 10.3. The average Bonchev–Trinajstić information content (AvgIpc) is 2.58. The monoisotopic (exact) mass is 293 g/mol. The largest absolute Gasteiger partial charge is 0.497 e. The van der Waals surface area contributed by atoms with Crippen molar-refractivity contribution >= 4 is 17.1 Å². The zero-order valence-electron chi connectivity index (χ0n) is 12.2. The van der Waals surface area contributed by atoms with Gasteiger partial charge in [0.15, 0.2) is 0 Å². The Labute approximate surface area is 129 Å². The highest BCUT2D eigenvalue weighted by atomic mass is 19.1. The molecule has 0 atom stereocenters. The maximum absolute atomic E-state index is 13.2. The van der Waals surface area contributed by atoms with E-state index < -0.39 is 0 Å². The van der Waals surface area contributed by atoms with Crippen molar-refractivity contribution in [1.82, 2.24) is 0 Å². The SMILES string of the molecule is COc1ccc(N(c2ccccc2)c2ccc(F)cc2)cc1. The molecule has 3 rings (SSSR count). The van der Waals surface area contributed by atoms with Crippen LogP contribution in [-0.4, -0.2) is 7.11 Å². The van der Waals surface area contributed by atoms with E-state index in [0.29, 0.717) is 0 Å². The number of benzene rings is 3. The Kier molecular flexibility index (Phi) is 4.05.